The molecule has 0 bridgehead atoms. The van der Waals surface area contributed by atoms with Crippen molar-refractivity contribution in [1.29, 1.82) is 0 Å². The molecule has 1 atom stereocenters. The lowest BCUT2D eigenvalue weighted by molar-refractivity contribution is -0.118. The quantitative estimate of drug-likeness (QED) is 0.893. The number of rotatable bonds is 4. The van der Waals surface area contributed by atoms with Gasteiger partial charge in [-0.05, 0) is 48.6 Å². The van der Waals surface area contributed by atoms with Gasteiger partial charge in [-0.1, -0.05) is 29.8 Å². The van der Waals surface area contributed by atoms with E-state index in [1.54, 1.807) is 0 Å². The Morgan fingerprint density at radius 3 is 3.00 bits per heavy atom. The minimum absolute atomic E-state index is 0.0759. The van der Waals surface area contributed by atoms with E-state index in [0.29, 0.717) is 23.2 Å². The second-order valence-electron chi connectivity index (χ2n) is 6.11. The highest BCUT2D eigenvalue weighted by molar-refractivity contribution is 6.30. The molecule has 1 unspecified atom stereocenters. The van der Waals surface area contributed by atoms with Crippen LogP contribution in [0.25, 0.3) is 0 Å². The Kier molecular flexibility index (Phi) is 3.62. The number of allylic oxidation sites excluding steroid dienone is 3. The number of hydrogen-bond donors (Lipinski definition) is 2. The van der Waals surface area contributed by atoms with Gasteiger partial charge in [-0.15, -0.1) is 0 Å². The van der Waals surface area contributed by atoms with Gasteiger partial charge in [0.15, 0.2) is 0 Å². The van der Waals surface area contributed by atoms with Crippen LogP contribution < -0.4 is 10.6 Å². The van der Waals surface area contributed by atoms with Gasteiger partial charge in [0.05, 0.1) is 5.70 Å². The molecule has 1 aromatic carbocycles. The van der Waals surface area contributed by atoms with Crippen LogP contribution in [0.1, 0.15) is 18.4 Å². The number of halogens is 1. The van der Waals surface area contributed by atoms with Crippen LogP contribution in [0.3, 0.4) is 0 Å². The second kappa shape index (κ2) is 5.78. The van der Waals surface area contributed by atoms with E-state index in [1.807, 2.05) is 48.7 Å². The molecule has 1 amide bonds. The van der Waals surface area contributed by atoms with E-state index >= 15 is 0 Å². The molecule has 0 saturated heterocycles. The van der Waals surface area contributed by atoms with Crippen LogP contribution in [-0.4, -0.2) is 17.0 Å². The molecule has 118 valence electrons. The molecular weight excluding hydrogens is 310 g/mol. The third-order valence-corrected chi connectivity index (χ3v) is 4.61. The first-order valence-corrected chi connectivity index (χ1v) is 8.27. The number of hydrogen-bond acceptors (Lipinski definition) is 3. The zero-order valence-electron chi connectivity index (χ0n) is 12.6. The number of nitrogens with zero attached hydrogens (tertiary/aromatic N) is 1. The smallest absolute Gasteiger partial charge is 0.269 e. The van der Waals surface area contributed by atoms with Gasteiger partial charge < -0.3 is 15.5 Å². The standard InChI is InChI=1S/C18H18ClN3O/c19-14-5-3-4-12(10-14)11-20-18(23)16-15-6-1-2-9-22(15)17(21-16)13-7-8-13/h1-6,9-10,13,17,21H,7-8,11H2,(H,20,23). The highest BCUT2D eigenvalue weighted by Crippen LogP contribution is 2.40. The maximum atomic E-state index is 12.6. The predicted octanol–water partition coefficient (Wildman–Crippen LogP) is 2.89. The van der Waals surface area contributed by atoms with E-state index in [2.05, 4.69) is 15.5 Å². The minimum atomic E-state index is -0.0759. The summed E-state index contributed by atoms with van der Waals surface area (Å²) in [5.74, 6) is 0.549. The lowest BCUT2D eigenvalue weighted by atomic mass is 10.2. The summed E-state index contributed by atoms with van der Waals surface area (Å²) in [5.41, 5.74) is 2.60. The summed E-state index contributed by atoms with van der Waals surface area (Å²) in [6.07, 6.45) is 10.7. The zero-order valence-corrected chi connectivity index (χ0v) is 13.4. The molecule has 2 aliphatic heterocycles. The average Bonchev–Trinajstić information content (AvgIpc) is 3.33. The third-order valence-electron chi connectivity index (χ3n) is 4.38. The fourth-order valence-electron chi connectivity index (χ4n) is 3.06. The monoisotopic (exact) mass is 327 g/mol. The summed E-state index contributed by atoms with van der Waals surface area (Å²) in [6.45, 7) is 0.464. The van der Waals surface area contributed by atoms with E-state index in [9.17, 15) is 4.79 Å². The van der Waals surface area contributed by atoms with Crippen molar-refractivity contribution < 1.29 is 4.79 Å². The SMILES string of the molecule is O=C(NCc1cccc(Cl)c1)C1=C2C=CC=CN2C(C2CC2)N1. The van der Waals surface area contributed by atoms with Gasteiger partial charge in [0.1, 0.15) is 11.9 Å². The molecule has 4 rings (SSSR count). The van der Waals surface area contributed by atoms with Gasteiger partial charge >= 0.3 is 0 Å². The molecule has 1 fully saturated rings. The van der Waals surface area contributed by atoms with Crippen LogP contribution in [0.15, 0.2) is 60.1 Å². The lowest BCUT2D eigenvalue weighted by Crippen LogP contribution is -2.38. The summed E-state index contributed by atoms with van der Waals surface area (Å²) in [5, 5.41) is 7.06. The molecule has 0 aromatic heterocycles. The second-order valence-corrected chi connectivity index (χ2v) is 6.54. The highest BCUT2D eigenvalue weighted by atomic mass is 35.5. The van der Waals surface area contributed by atoms with Gasteiger partial charge in [-0.3, -0.25) is 4.79 Å². The largest absolute Gasteiger partial charge is 0.358 e. The van der Waals surface area contributed by atoms with Crippen LogP contribution in [0.2, 0.25) is 5.02 Å². The molecular formula is C18H18ClN3O. The van der Waals surface area contributed by atoms with E-state index < -0.39 is 0 Å². The predicted molar refractivity (Wildman–Crippen MR) is 90.1 cm³/mol. The Labute approximate surface area is 140 Å². The number of benzene rings is 1. The van der Waals surface area contributed by atoms with Crippen molar-refractivity contribution in [3.63, 3.8) is 0 Å². The van der Waals surface area contributed by atoms with E-state index in [-0.39, 0.29) is 12.1 Å². The number of carbonyl (C=O) groups is 1. The van der Waals surface area contributed by atoms with Crippen LogP contribution in [0.5, 0.6) is 0 Å². The zero-order chi connectivity index (χ0) is 15.8. The normalized spacial score (nSPS) is 22.1. The molecule has 1 aliphatic carbocycles. The summed E-state index contributed by atoms with van der Waals surface area (Å²) < 4.78 is 0. The first-order valence-electron chi connectivity index (χ1n) is 7.89. The molecule has 1 saturated carbocycles. The molecule has 2 N–H and O–H groups in total. The van der Waals surface area contributed by atoms with Gasteiger partial charge in [0.25, 0.3) is 5.91 Å². The number of fused-ring (bicyclic) bond motifs is 1. The van der Waals surface area contributed by atoms with Crippen molar-refractivity contribution in [2.45, 2.75) is 25.6 Å². The summed E-state index contributed by atoms with van der Waals surface area (Å²) in [7, 11) is 0. The molecule has 3 aliphatic rings. The summed E-state index contributed by atoms with van der Waals surface area (Å²) >= 11 is 5.98. The molecule has 0 radical (unpaired) electrons. The highest BCUT2D eigenvalue weighted by Gasteiger charge is 2.41. The molecule has 23 heavy (non-hydrogen) atoms. The van der Waals surface area contributed by atoms with Crippen LogP contribution in [0, 0.1) is 5.92 Å². The van der Waals surface area contributed by atoms with Crippen molar-refractivity contribution in [3.8, 4) is 0 Å². The molecule has 1 aromatic rings. The first kappa shape index (κ1) is 14.4. The first-order chi connectivity index (χ1) is 11.2. The van der Waals surface area contributed by atoms with Crippen LogP contribution in [-0.2, 0) is 11.3 Å². The molecule has 2 heterocycles. The summed E-state index contributed by atoms with van der Waals surface area (Å²) in [4.78, 5) is 14.8. The maximum Gasteiger partial charge on any atom is 0.269 e. The average molecular weight is 328 g/mol. The van der Waals surface area contributed by atoms with Crippen molar-refractivity contribution >= 4 is 17.5 Å². The Hall–Kier alpha value is -2.20. The minimum Gasteiger partial charge on any atom is -0.358 e. The fourth-order valence-corrected chi connectivity index (χ4v) is 3.27. The van der Waals surface area contributed by atoms with Crippen molar-refractivity contribution in [1.82, 2.24) is 15.5 Å². The van der Waals surface area contributed by atoms with Gasteiger partial charge in [-0.2, -0.15) is 0 Å². The van der Waals surface area contributed by atoms with Crippen LogP contribution >= 0.6 is 11.6 Å². The fraction of sp³-hybridized carbons (Fsp3) is 0.278. The van der Waals surface area contributed by atoms with Gasteiger partial charge in [0.2, 0.25) is 0 Å². The number of carbonyl (C=O) groups excluding carboxylic acids is 1. The molecule has 4 nitrogen and oxygen atoms in total. The van der Waals surface area contributed by atoms with E-state index in [1.165, 1.54) is 12.8 Å². The van der Waals surface area contributed by atoms with Crippen LogP contribution in [0.4, 0.5) is 0 Å². The maximum absolute atomic E-state index is 12.6. The van der Waals surface area contributed by atoms with Gasteiger partial charge in [0, 0.05) is 17.8 Å². The number of nitrogens with one attached hydrogen (secondary N) is 2. The molecule has 5 heteroatoms. The Balaban J connectivity index is 1.49. The van der Waals surface area contributed by atoms with Crippen molar-refractivity contribution in [2.75, 3.05) is 0 Å². The lowest BCUT2D eigenvalue weighted by Gasteiger charge is -2.25. The summed E-state index contributed by atoms with van der Waals surface area (Å²) in [6, 6.07) is 7.53. The van der Waals surface area contributed by atoms with Crippen molar-refractivity contribution in [2.24, 2.45) is 5.92 Å². The third kappa shape index (κ3) is 2.86. The van der Waals surface area contributed by atoms with E-state index in [4.69, 9.17) is 11.6 Å². The van der Waals surface area contributed by atoms with Crippen molar-refractivity contribution in [3.05, 3.63) is 70.7 Å². The van der Waals surface area contributed by atoms with E-state index in [0.717, 1.165) is 11.3 Å². The topological polar surface area (TPSA) is 44.4 Å². The number of amides is 1. The Morgan fingerprint density at radius 2 is 2.22 bits per heavy atom. The van der Waals surface area contributed by atoms with Gasteiger partial charge in [-0.25, -0.2) is 0 Å². The molecule has 0 spiro atoms. The Bertz CT molecular complexity index is 734. The Morgan fingerprint density at radius 1 is 1.35 bits per heavy atom.